The molecule has 0 fully saturated rings. The lowest BCUT2D eigenvalue weighted by Crippen LogP contribution is -2.25. The highest BCUT2D eigenvalue weighted by molar-refractivity contribution is 7.98. The van der Waals surface area contributed by atoms with E-state index in [1.165, 1.54) is 24.2 Å². The Hall–Kier alpha value is -0.510. The van der Waals surface area contributed by atoms with E-state index in [2.05, 4.69) is 41.9 Å². The van der Waals surface area contributed by atoms with Crippen LogP contribution in [0.5, 0.6) is 0 Å². The van der Waals surface area contributed by atoms with E-state index in [4.69, 9.17) is 4.74 Å². The standard InChI is InChI=1S/C15H25NOS/c1-17-11-10-16-13-15(9-6-12-18-2)14-7-4-3-5-8-14/h3-5,7-8,15-16H,6,9-13H2,1-2H3. The molecule has 0 heterocycles. The number of hydrogen-bond acceptors (Lipinski definition) is 3. The van der Waals surface area contributed by atoms with Crippen LogP contribution in [0.4, 0.5) is 0 Å². The van der Waals surface area contributed by atoms with Crippen molar-refractivity contribution < 1.29 is 4.74 Å². The number of nitrogens with one attached hydrogen (secondary N) is 1. The fraction of sp³-hybridized carbons (Fsp3) is 0.600. The first-order valence-electron chi connectivity index (χ1n) is 6.62. The largest absolute Gasteiger partial charge is 0.383 e. The van der Waals surface area contributed by atoms with Gasteiger partial charge in [-0.25, -0.2) is 0 Å². The van der Waals surface area contributed by atoms with Crippen LogP contribution in [0.25, 0.3) is 0 Å². The normalized spacial score (nSPS) is 12.6. The van der Waals surface area contributed by atoms with Gasteiger partial charge in [-0.1, -0.05) is 30.3 Å². The maximum atomic E-state index is 5.06. The lowest BCUT2D eigenvalue weighted by Gasteiger charge is -2.18. The Morgan fingerprint density at radius 2 is 2.06 bits per heavy atom. The van der Waals surface area contributed by atoms with Gasteiger partial charge in [-0.3, -0.25) is 0 Å². The maximum absolute atomic E-state index is 5.06. The molecule has 1 aromatic carbocycles. The van der Waals surface area contributed by atoms with Crippen molar-refractivity contribution in [3.8, 4) is 0 Å². The average Bonchev–Trinajstić information content (AvgIpc) is 2.42. The minimum Gasteiger partial charge on any atom is -0.383 e. The van der Waals surface area contributed by atoms with E-state index in [0.717, 1.165) is 19.7 Å². The highest BCUT2D eigenvalue weighted by atomic mass is 32.2. The van der Waals surface area contributed by atoms with Crippen LogP contribution in [-0.4, -0.2) is 38.8 Å². The molecule has 3 heteroatoms. The predicted molar refractivity (Wildman–Crippen MR) is 81.5 cm³/mol. The SMILES string of the molecule is COCCNCC(CCCSC)c1ccccc1. The van der Waals surface area contributed by atoms with Crippen molar-refractivity contribution in [3.05, 3.63) is 35.9 Å². The highest BCUT2D eigenvalue weighted by Gasteiger charge is 2.10. The minimum atomic E-state index is 0.621. The average molecular weight is 267 g/mol. The van der Waals surface area contributed by atoms with Crippen LogP contribution in [0.15, 0.2) is 30.3 Å². The summed E-state index contributed by atoms with van der Waals surface area (Å²) in [5, 5.41) is 3.48. The van der Waals surface area contributed by atoms with Gasteiger partial charge in [0.1, 0.15) is 0 Å². The van der Waals surface area contributed by atoms with Crippen LogP contribution in [0.1, 0.15) is 24.3 Å². The first-order valence-corrected chi connectivity index (χ1v) is 8.01. The summed E-state index contributed by atoms with van der Waals surface area (Å²) < 4.78 is 5.06. The van der Waals surface area contributed by atoms with Crippen molar-refractivity contribution in [3.63, 3.8) is 0 Å². The van der Waals surface area contributed by atoms with Gasteiger partial charge in [0.25, 0.3) is 0 Å². The molecule has 0 aromatic heterocycles. The summed E-state index contributed by atoms with van der Waals surface area (Å²) in [5.41, 5.74) is 1.45. The van der Waals surface area contributed by atoms with Gasteiger partial charge in [0.2, 0.25) is 0 Å². The van der Waals surface area contributed by atoms with E-state index in [9.17, 15) is 0 Å². The molecule has 0 aliphatic rings. The van der Waals surface area contributed by atoms with Gasteiger partial charge in [-0.15, -0.1) is 0 Å². The van der Waals surface area contributed by atoms with Crippen LogP contribution in [0, 0.1) is 0 Å². The van der Waals surface area contributed by atoms with Gasteiger partial charge in [0, 0.05) is 20.2 Å². The Balaban J connectivity index is 2.42. The maximum Gasteiger partial charge on any atom is 0.0587 e. The number of benzene rings is 1. The topological polar surface area (TPSA) is 21.3 Å². The van der Waals surface area contributed by atoms with Gasteiger partial charge in [-0.05, 0) is 36.3 Å². The molecular formula is C15H25NOS. The fourth-order valence-corrected chi connectivity index (χ4v) is 2.49. The summed E-state index contributed by atoms with van der Waals surface area (Å²) >= 11 is 1.93. The van der Waals surface area contributed by atoms with Gasteiger partial charge < -0.3 is 10.1 Å². The molecule has 0 spiro atoms. The van der Waals surface area contributed by atoms with Crippen molar-refractivity contribution in [1.82, 2.24) is 5.32 Å². The molecule has 1 unspecified atom stereocenters. The third-order valence-corrected chi connectivity index (χ3v) is 3.74. The monoisotopic (exact) mass is 267 g/mol. The third-order valence-electron chi connectivity index (χ3n) is 3.05. The van der Waals surface area contributed by atoms with E-state index in [-0.39, 0.29) is 0 Å². The number of ether oxygens (including phenoxy) is 1. The smallest absolute Gasteiger partial charge is 0.0587 e. The van der Waals surface area contributed by atoms with Crippen molar-refractivity contribution in [2.45, 2.75) is 18.8 Å². The van der Waals surface area contributed by atoms with Gasteiger partial charge in [0.05, 0.1) is 6.61 Å². The molecule has 102 valence electrons. The Morgan fingerprint density at radius 3 is 2.72 bits per heavy atom. The van der Waals surface area contributed by atoms with E-state index >= 15 is 0 Å². The van der Waals surface area contributed by atoms with Gasteiger partial charge >= 0.3 is 0 Å². The number of methoxy groups -OCH3 is 1. The number of thioether (sulfide) groups is 1. The second-order valence-corrected chi connectivity index (χ2v) is 5.43. The molecule has 1 aromatic rings. The van der Waals surface area contributed by atoms with Crippen LogP contribution in [-0.2, 0) is 4.74 Å². The van der Waals surface area contributed by atoms with Crippen LogP contribution in [0.3, 0.4) is 0 Å². The summed E-state index contributed by atoms with van der Waals surface area (Å²) in [6.45, 7) is 2.76. The quantitative estimate of drug-likeness (QED) is 0.658. The lowest BCUT2D eigenvalue weighted by atomic mass is 9.94. The van der Waals surface area contributed by atoms with E-state index < -0.39 is 0 Å². The number of rotatable bonds is 10. The summed E-state index contributed by atoms with van der Waals surface area (Å²) in [5.74, 6) is 1.87. The second kappa shape index (κ2) is 10.4. The molecule has 0 amide bonds. The molecule has 18 heavy (non-hydrogen) atoms. The summed E-state index contributed by atoms with van der Waals surface area (Å²) in [6.07, 6.45) is 4.71. The summed E-state index contributed by atoms with van der Waals surface area (Å²) in [6, 6.07) is 10.8. The first kappa shape index (κ1) is 15.5. The van der Waals surface area contributed by atoms with Gasteiger partial charge in [0.15, 0.2) is 0 Å². The number of hydrogen-bond donors (Lipinski definition) is 1. The molecule has 0 radical (unpaired) electrons. The van der Waals surface area contributed by atoms with Crippen molar-refractivity contribution in [2.75, 3.05) is 38.8 Å². The van der Waals surface area contributed by atoms with E-state index in [0.29, 0.717) is 5.92 Å². The zero-order valence-electron chi connectivity index (χ0n) is 11.5. The summed E-state index contributed by atoms with van der Waals surface area (Å²) in [7, 11) is 1.74. The van der Waals surface area contributed by atoms with Crippen LogP contribution in [0.2, 0.25) is 0 Å². The molecule has 0 aliphatic carbocycles. The molecule has 0 saturated carbocycles. The highest BCUT2D eigenvalue weighted by Crippen LogP contribution is 2.21. The first-order chi connectivity index (χ1) is 8.88. The molecule has 1 atom stereocenters. The Morgan fingerprint density at radius 1 is 1.28 bits per heavy atom. The Kier molecular flexibility index (Phi) is 9.00. The summed E-state index contributed by atoms with van der Waals surface area (Å²) in [4.78, 5) is 0. The predicted octanol–water partition coefficient (Wildman–Crippen LogP) is 3.15. The Labute approximate surface area is 116 Å². The van der Waals surface area contributed by atoms with Crippen molar-refractivity contribution >= 4 is 11.8 Å². The van der Waals surface area contributed by atoms with Crippen molar-refractivity contribution in [1.29, 1.82) is 0 Å². The third kappa shape index (κ3) is 6.43. The van der Waals surface area contributed by atoms with E-state index in [1.807, 2.05) is 11.8 Å². The molecule has 0 bridgehead atoms. The van der Waals surface area contributed by atoms with Gasteiger partial charge in [-0.2, -0.15) is 11.8 Å². The molecular weight excluding hydrogens is 242 g/mol. The zero-order valence-corrected chi connectivity index (χ0v) is 12.3. The molecule has 0 aliphatic heterocycles. The molecule has 0 saturated heterocycles. The second-order valence-electron chi connectivity index (χ2n) is 4.44. The fourth-order valence-electron chi connectivity index (χ4n) is 2.04. The lowest BCUT2D eigenvalue weighted by molar-refractivity contribution is 0.198. The van der Waals surface area contributed by atoms with Crippen molar-refractivity contribution in [2.24, 2.45) is 0 Å². The van der Waals surface area contributed by atoms with Crippen LogP contribution >= 0.6 is 11.8 Å². The Bertz CT molecular complexity index is 292. The zero-order chi connectivity index (χ0) is 13.1. The van der Waals surface area contributed by atoms with E-state index in [1.54, 1.807) is 7.11 Å². The molecule has 1 rings (SSSR count). The molecule has 2 nitrogen and oxygen atoms in total. The molecule has 1 N–H and O–H groups in total. The minimum absolute atomic E-state index is 0.621. The van der Waals surface area contributed by atoms with Crippen LogP contribution < -0.4 is 5.32 Å².